The van der Waals surface area contributed by atoms with Gasteiger partial charge in [0.1, 0.15) is 0 Å². The number of carbonyl (C=O) groups is 1. The van der Waals surface area contributed by atoms with Gasteiger partial charge in [-0.05, 0) is 99.7 Å². The molecule has 1 saturated heterocycles. The minimum atomic E-state index is 0.0891. The van der Waals surface area contributed by atoms with Crippen LogP contribution in [-0.4, -0.2) is 56.1 Å². The van der Waals surface area contributed by atoms with E-state index in [0.29, 0.717) is 17.4 Å². The minimum Gasteiger partial charge on any atom is -0.493 e. The van der Waals surface area contributed by atoms with Crippen LogP contribution in [0.2, 0.25) is 0 Å². The number of benzene rings is 2. The topological polar surface area (TPSA) is 63.7 Å². The molecule has 0 bridgehead atoms. The lowest BCUT2D eigenvalue weighted by Gasteiger charge is -2.33. The zero-order chi connectivity index (χ0) is 26.1. The number of nitrogens with one attached hydrogen (secondary N) is 1. The van der Waals surface area contributed by atoms with E-state index in [0.717, 1.165) is 68.5 Å². The number of rotatable bonds is 8. The lowest BCUT2D eigenvalue weighted by atomic mass is 9.85. The van der Waals surface area contributed by atoms with Crippen LogP contribution in [0.15, 0.2) is 36.4 Å². The highest BCUT2D eigenvalue weighted by molar-refractivity contribution is 6.03. The maximum absolute atomic E-state index is 13.2. The molecular weight excluding hydrogens is 474 g/mol. The number of pyridine rings is 1. The van der Waals surface area contributed by atoms with Gasteiger partial charge in [-0.2, -0.15) is 0 Å². The molecule has 6 heteroatoms. The smallest absolute Gasteiger partial charge is 0.166 e. The van der Waals surface area contributed by atoms with Crippen molar-refractivity contribution < 1.29 is 14.3 Å². The Morgan fingerprint density at radius 1 is 1.03 bits per heavy atom. The van der Waals surface area contributed by atoms with Crippen LogP contribution in [0.4, 0.5) is 5.69 Å². The summed E-state index contributed by atoms with van der Waals surface area (Å²) in [5.74, 6) is 2.33. The second-order valence-electron chi connectivity index (χ2n) is 11.2. The van der Waals surface area contributed by atoms with Crippen molar-refractivity contribution in [3.8, 4) is 11.5 Å². The van der Waals surface area contributed by atoms with Gasteiger partial charge in [-0.25, -0.2) is 0 Å². The number of aryl methyl sites for hydroxylation is 1. The van der Waals surface area contributed by atoms with Crippen molar-refractivity contribution in [1.82, 2.24) is 9.88 Å². The number of methoxy groups -OCH3 is 2. The summed E-state index contributed by atoms with van der Waals surface area (Å²) < 4.78 is 10.9. The Morgan fingerprint density at radius 2 is 1.79 bits per heavy atom. The molecule has 1 aliphatic heterocycles. The number of ketones is 1. The van der Waals surface area contributed by atoms with Crippen LogP contribution < -0.4 is 14.8 Å². The lowest BCUT2D eigenvalue weighted by molar-refractivity contribution is 0.0898. The van der Waals surface area contributed by atoms with Gasteiger partial charge in [0.15, 0.2) is 17.3 Å². The summed E-state index contributed by atoms with van der Waals surface area (Å²) in [4.78, 5) is 20.7. The predicted octanol–water partition coefficient (Wildman–Crippen LogP) is 5.70. The van der Waals surface area contributed by atoms with Crippen molar-refractivity contribution in [3.05, 3.63) is 58.8 Å². The van der Waals surface area contributed by atoms with E-state index >= 15 is 0 Å². The van der Waals surface area contributed by atoms with E-state index in [4.69, 9.17) is 14.5 Å². The molecule has 1 N–H and O–H groups in total. The second kappa shape index (κ2) is 10.9. The first kappa shape index (κ1) is 25.2. The number of Topliss-reactive ketones (excluding diaryl/α,β-unsaturated/α-hetero) is 1. The fourth-order valence-electron chi connectivity index (χ4n) is 6.85. The molecule has 1 aromatic heterocycles. The molecule has 3 aromatic rings. The fourth-order valence-corrected chi connectivity index (χ4v) is 6.85. The van der Waals surface area contributed by atoms with Crippen molar-refractivity contribution >= 4 is 22.4 Å². The molecule has 2 aliphatic carbocycles. The zero-order valence-corrected chi connectivity index (χ0v) is 22.7. The molecule has 6 rings (SSSR count). The average Bonchev–Trinajstić information content (AvgIpc) is 3.26. The van der Waals surface area contributed by atoms with Gasteiger partial charge in [0, 0.05) is 41.3 Å². The molecule has 2 aromatic carbocycles. The van der Waals surface area contributed by atoms with Crippen molar-refractivity contribution in [3.63, 3.8) is 0 Å². The molecule has 0 radical (unpaired) electrons. The number of anilines is 1. The predicted molar refractivity (Wildman–Crippen MR) is 152 cm³/mol. The van der Waals surface area contributed by atoms with Crippen molar-refractivity contribution in [2.45, 2.75) is 51.4 Å². The summed E-state index contributed by atoms with van der Waals surface area (Å²) in [7, 11) is 3.27. The largest absolute Gasteiger partial charge is 0.493 e. The van der Waals surface area contributed by atoms with Gasteiger partial charge in [0.2, 0.25) is 0 Å². The molecular formula is C32H39N3O3. The number of hydrogen-bond acceptors (Lipinski definition) is 6. The maximum Gasteiger partial charge on any atom is 0.166 e. The summed E-state index contributed by atoms with van der Waals surface area (Å²) in [6.45, 7) is 4.21. The monoisotopic (exact) mass is 513 g/mol. The van der Waals surface area contributed by atoms with E-state index in [9.17, 15) is 4.79 Å². The minimum absolute atomic E-state index is 0.0891. The lowest BCUT2D eigenvalue weighted by Crippen LogP contribution is -2.37. The Morgan fingerprint density at radius 3 is 2.61 bits per heavy atom. The summed E-state index contributed by atoms with van der Waals surface area (Å²) in [6, 6.07) is 12.4. The Kier molecular flexibility index (Phi) is 7.24. The fraction of sp³-hybridized carbons (Fsp3) is 0.500. The number of nitrogens with zero attached hydrogens (tertiary/aromatic N) is 2. The van der Waals surface area contributed by atoms with Crippen LogP contribution in [0, 0.1) is 11.8 Å². The van der Waals surface area contributed by atoms with Gasteiger partial charge in [-0.1, -0.05) is 18.2 Å². The van der Waals surface area contributed by atoms with Crippen molar-refractivity contribution in [1.29, 1.82) is 0 Å². The van der Waals surface area contributed by atoms with Gasteiger partial charge in [-0.3, -0.25) is 9.78 Å². The normalized spacial score (nSPS) is 19.8. The molecule has 200 valence electrons. The molecule has 0 saturated carbocycles. The van der Waals surface area contributed by atoms with Gasteiger partial charge in [0.25, 0.3) is 0 Å². The van der Waals surface area contributed by atoms with Gasteiger partial charge in [-0.15, -0.1) is 0 Å². The third kappa shape index (κ3) is 4.86. The number of ether oxygens (including phenoxy) is 2. The Bertz CT molecular complexity index is 1330. The molecule has 0 spiro atoms. The maximum atomic E-state index is 13.2. The van der Waals surface area contributed by atoms with Crippen LogP contribution in [0.5, 0.6) is 11.5 Å². The Labute approximate surface area is 225 Å². The first-order valence-electron chi connectivity index (χ1n) is 14.3. The van der Waals surface area contributed by atoms with E-state index in [1.807, 2.05) is 12.1 Å². The van der Waals surface area contributed by atoms with Crippen molar-refractivity contribution in [2.24, 2.45) is 11.8 Å². The molecule has 1 atom stereocenters. The molecule has 0 amide bonds. The number of aromatic nitrogens is 1. The van der Waals surface area contributed by atoms with Crippen LogP contribution in [0.25, 0.3) is 10.9 Å². The summed E-state index contributed by atoms with van der Waals surface area (Å²) >= 11 is 0. The van der Waals surface area contributed by atoms with Crippen LogP contribution in [0.3, 0.4) is 0 Å². The number of carbonyl (C=O) groups excluding carboxylic acids is 1. The van der Waals surface area contributed by atoms with E-state index in [1.54, 1.807) is 14.2 Å². The van der Waals surface area contributed by atoms with Crippen LogP contribution in [-0.2, 0) is 19.3 Å². The van der Waals surface area contributed by atoms with E-state index in [1.165, 1.54) is 48.0 Å². The van der Waals surface area contributed by atoms with Gasteiger partial charge in [0.05, 0.1) is 19.7 Å². The SMILES string of the molecule is COc1cc2c(cc1OC)C(=O)C(CC1CCN(CCNc3c4c(nc5ccccc35)CCCC4)CC1)C2. The van der Waals surface area contributed by atoms with E-state index in [-0.39, 0.29) is 11.7 Å². The number of hydrogen-bond donors (Lipinski definition) is 1. The number of piperidine rings is 1. The summed E-state index contributed by atoms with van der Waals surface area (Å²) in [5.41, 5.74) is 7.07. The van der Waals surface area contributed by atoms with E-state index in [2.05, 4.69) is 34.5 Å². The third-order valence-electron chi connectivity index (χ3n) is 8.94. The highest BCUT2D eigenvalue weighted by Gasteiger charge is 2.34. The van der Waals surface area contributed by atoms with Crippen LogP contribution in [0.1, 0.15) is 59.3 Å². The number of para-hydroxylation sites is 1. The first-order chi connectivity index (χ1) is 18.6. The summed E-state index contributed by atoms with van der Waals surface area (Å²) in [6.07, 6.45) is 8.86. The summed E-state index contributed by atoms with van der Waals surface area (Å²) in [5, 5.41) is 5.07. The highest BCUT2D eigenvalue weighted by atomic mass is 16.5. The standard InChI is InChI=1S/C32H39N3O3/c1-37-29-19-22-18-23(32(36)26(22)20-30(29)38-2)17-21-11-14-35(15-12-21)16-13-33-31-24-7-3-5-9-27(24)34-28-10-6-4-8-25(28)31/h3,5,7,9,19-21,23H,4,6,8,10-18H2,1-2H3,(H,33,34). The van der Waals surface area contributed by atoms with E-state index < -0.39 is 0 Å². The molecule has 6 nitrogen and oxygen atoms in total. The van der Waals surface area contributed by atoms with Gasteiger partial charge < -0.3 is 19.7 Å². The molecule has 2 heterocycles. The second-order valence-corrected chi connectivity index (χ2v) is 11.2. The Balaban J connectivity index is 1.02. The molecule has 1 unspecified atom stereocenters. The zero-order valence-electron chi connectivity index (χ0n) is 22.7. The number of fused-ring (bicyclic) bond motifs is 3. The first-order valence-corrected chi connectivity index (χ1v) is 14.3. The molecule has 38 heavy (non-hydrogen) atoms. The quantitative estimate of drug-likeness (QED) is 0.417. The number of likely N-dealkylation sites (tertiary alicyclic amines) is 1. The Hall–Kier alpha value is -3.12. The van der Waals surface area contributed by atoms with Gasteiger partial charge >= 0.3 is 0 Å². The van der Waals surface area contributed by atoms with Crippen LogP contribution >= 0.6 is 0 Å². The molecule has 1 fully saturated rings. The highest BCUT2D eigenvalue weighted by Crippen LogP contribution is 2.39. The molecule has 3 aliphatic rings. The average molecular weight is 514 g/mol. The third-order valence-corrected chi connectivity index (χ3v) is 8.94. The van der Waals surface area contributed by atoms with Crippen molar-refractivity contribution in [2.75, 3.05) is 45.7 Å².